The molecule has 0 spiro atoms. The molecule has 0 amide bonds. The third kappa shape index (κ3) is 3.15. The number of rotatable bonds is 3. The zero-order valence-electron chi connectivity index (χ0n) is 12.7. The minimum absolute atomic E-state index is 0.311. The average Bonchev–Trinajstić information content (AvgIpc) is 2.82. The number of nitrogens with zero attached hydrogens (tertiary/aromatic N) is 1. The lowest BCUT2D eigenvalue weighted by Gasteiger charge is -2.34. The average molecular weight is 321 g/mol. The van der Waals surface area contributed by atoms with Crippen molar-refractivity contribution in [2.75, 3.05) is 6.54 Å². The first-order valence-electron chi connectivity index (χ1n) is 7.47. The van der Waals surface area contributed by atoms with Crippen LogP contribution in [0.4, 0.5) is 0 Å². The van der Waals surface area contributed by atoms with Gasteiger partial charge in [-0.1, -0.05) is 44.5 Å². The van der Waals surface area contributed by atoms with E-state index >= 15 is 0 Å². The minimum atomic E-state index is 0.311. The van der Waals surface area contributed by atoms with Crippen molar-refractivity contribution < 1.29 is 0 Å². The second-order valence-electron chi connectivity index (χ2n) is 6.49. The largest absolute Gasteiger partial charge is 0.309 e. The lowest BCUT2D eigenvalue weighted by Crippen LogP contribution is -2.32. The van der Waals surface area contributed by atoms with Crippen LogP contribution in [0, 0.1) is 5.41 Å². The summed E-state index contributed by atoms with van der Waals surface area (Å²) >= 11 is 7.80. The van der Waals surface area contributed by atoms with Crippen LogP contribution in [-0.2, 0) is 6.42 Å². The molecular formula is C17H21ClN2S. The molecule has 2 nitrogen and oxygen atoms in total. The van der Waals surface area contributed by atoms with E-state index in [0.717, 1.165) is 28.6 Å². The molecule has 21 heavy (non-hydrogen) atoms. The first-order valence-corrected chi connectivity index (χ1v) is 8.67. The fraction of sp³-hybridized carbons (Fsp3) is 0.471. The number of benzene rings is 1. The number of fused-ring (bicyclic) bond motifs is 1. The lowest BCUT2D eigenvalue weighted by molar-refractivity contribution is 0.260. The molecule has 2 aromatic rings. The molecule has 0 saturated carbocycles. The molecule has 0 radical (unpaired) electrons. The molecular weight excluding hydrogens is 300 g/mol. The standard InChI is InChI=1S/C17H21ClN2S/c1-4-19-13-9-17(2,3)10-14-15(13)21-16(20-14)11-5-7-12(18)8-6-11/h5-8,13,19H,4,9-10H2,1-3H3. The van der Waals surface area contributed by atoms with Gasteiger partial charge in [-0.2, -0.15) is 0 Å². The molecule has 1 atom stereocenters. The highest BCUT2D eigenvalue weighted by atomic mass is 35.5. The van der Waals surface area contributed by atoms with Crippen molar-refractivity contribution in [3.05, 3.63) is 39.9 Å². The normalized spacial score (nSPS) is 20.3. The summed E-state index contributed by atoms with van der Waals surface area (Å²) < 4.78 is 0. The maximum absolute atomic E-state index is 5.97. The number of halogens is 1. The predicted octanol–water partition coefficient (Wildman–Crippen LogP) is 5.09. The van der Waals surface area contributed by atoms with Gasteiger partial charge in [-0.3, -0.25) is 0 Å². The second kappa shape index (κ2) is 5.71. The Labute approximate surface area is 135 Å². The van der Waals surface area contributed by atoms with Crippen LogP contribution in [0.2, 0.25) is 5.02 Å². The van der Waals surface area contributed by atoms with Gasteiger partial charge in [0.2, 0.25) is 0 Å². The van der Waals surface area contributed by atoms with Gasteiger partial charge in [-0.05, 0) is 36.9 Å². The van der Waals surface area contributed by atoms with Gasteiger partial charge >= 0.3 is 0 Å². The van der Waals surface area contributed by atoms with E-state index in [1.165, 1.54) is 17.0 Å². The highest BCUT2D eigenvalue weighted by Gasteiger charge is 2.34. The molecule has 1 aromatic heterocycles. The summed E-state index contributed by atoms with van der Waals surface area (Å²) in [7, 11) is 0. The van der Waals surface area contributed by atoms with Crippen molar-refractivity contribution in [3.8, 4) is 10.6 Å². The van der Waals surface area contributed by atoms with Crippen LogP contribution >= 0.6 is 22.9 Å². The van der Waals surface area contributed by atoms with Crippen LogP contribution < -0.4 is 5.32 Å². The van der Waals surface area contributed by atoms with Gasteiger partial charge in [-0.25, -0.2) is 4.98 Å². The Hall–Kier alpha value is -0.900. The zero-order chi connectivity index (χ0) is 15.0. The first-order chi connectivity index (χ1) is 9.98. The summed E-state index contributed by atoms with van der Waals surface area (Å²) in [5.41, 5.74) is 2.74. The van der Waals surface area contributed by atoms with E-state index in [9.17, 15) is 0 Å². The van der Waals surface area contributed by atoms with Gasteiger partial charge in [0.05, 0.1) is 5.69 Å². The smallest absolute Gasteiger partial charge is 0.123 e. The topological polar surface area (TPSA) is 24.9 Å². The van der Waals surface area contributed by atoms with Gasteiger partial charge in [0.15, 0.2) is 0 Å². The summed E-state index contributed by atoms with van der Waals surface area (Å²) in [6, 6.07) is 8.42. The number of thiazole rings is 1. The number of hydrogen-bond acceptors (Lipinski definition) is 3. The quantitative estimate of drug-likeness (QED) is 0.852. The summed E-state index contributed by atoms with van der Waals surface area (Å²) in [5.74, 6) is 0. The van der Waals surface area contributed by atoms with Gasteiger partial charge in [0.1, 0.15) is 5.01 Å². The van der Waals surface area contributed by atoms with Crippen molar-refractivity contribution >= 4 is 22.9 Å². The van der Waals surface area contributed by atoms with E-state index in [0.29, 0.717) is 11.5 Å². The van der Waals surface area contributed by atoms with E-state index in [2.05, 4.69) is 38.2 Å². The molecule has 0 aliphatic heterocycles. The molecule has 1 N–H and O–H groups in total. The van der Waals surface area contributed by atoms with Crippen molar-refractivity contribution in [3.63, 3.8) is 0 Å². The lowest BCUT2D eigenvalue weighted by atomic mass is 9.76. The van der Waals surface area contributed by atoms with Crippen LogP contribution in [0.1, 0.15) is 43.8 Å². The van der Waals surface area contributed by atoms with Gasteiger partial charge in [0.25, 0.3) is 0 Å². The van der Waals surface area contributed by atoms with Gasteiger partial charge in [-0.15, -0.1) is 11.3 Å². The van der Waals surface area contributed by atoms with Crippen LogP contribution in [0.3, 0.4) is 0 Å². The SMILES string of the molecule is CCNC1CC(C)(C)Cc2nc(-c3ccc(Cl)cc3)sc21. The Bertz CT molecular complexity index is 631. The van der Waals surface area contributed by atoms with Gasteiger partial charge < -0.3 is 5.32 Å². The third-order valence-electron chi connectivity index (χ3n) is 3.99. The Balaban J connectivity index is 1.99. The maximum atomic E-state index is 5.97. The molecule has 0 saturated heterocycles. The molecule has 1 aliphatic rings. The Morgan fingerprint density at radius 1 is 1.33 bits per heavy atom. The first kappa shape index (κ1) is 15.0. The van der Waals surface area contributed by atoms with Crippen LogP contribution in [0.15, 0.2) is 24.3 Å². The number of aromatic nitrogens is 1. The molecule has 0 bridgehead atoms. The highest BCUT2D eigenvalue weighted by molar-refractivity contribution is 7.15. The van der Waals surface area contributed by atoms with Crippen LogP contribution in [0.25, 0.3) is 10.6 Å². The fourth-order valence-electron chi connectivity index (χ4n) is 3.06. The maximum Gasteiger partial charge on any atom is 0.123 e. The minimum Gasteiger partial charge on any atom is -0.309 e. The second-order valence-corrected chi connectivity index (χ2v) is 7.96. The van der Waals surface area contributed by atoms with E-state index in [-0.39, 0.29) is 0 Å². The molecule has 1 heterocycles. The Morgan fingerprint density at radius 3 is 2.71 bits per heavy atom. The Morgan fingerprint density at radius 2 is 2.05 bits per heavy atom. The highest BCUT2D eigenvalue weighted by Crippen LogP contribution is 2.44. The molecule has 1 aliphatic carbocycles. The van der Waals surface area contributed by atoms with Crippen LogP contribution in [-0.4, -0.2) is 11.5 Å². The zero-order valence-corrected chi connectivity index (χ0v) is 14.3. The van der Waals surface area contributed by atoms with E-state index < -0.39 is 0 Å². The summed E-state index contributed by atoms with van der Waals surface area (Å²) in [6.07, 6.45) is 2.24. The Kier molecular flexibility index (Phi) is 4.08. The van der Waals surface area contributed by atoms with Crippen molar-refractivity contribution in [1.29, 1.82) is 0 Å². The predicted molar refractivity (Wildman–Crippen MR) is 91.1 cm³/mol. The van der Waals surface area contributed by atoms with Crippen LogP contribution in [0.5, 0.6) is 0 Å². The van der Waals surface area contributed by atoms with Crippen molar-refractivity contribution in [2.24, 2.45) is 5.41 Å². The van der Waals surface area contributed by atoms with E-state index in [1.54, 1.807) is 0 Å². The molecule has 3 rings (SSSR count). The molecule has 4 heteroatoms. The molecule has 1 unspecified atom stereocenters. The number of hydrogen-bond donors (Lipinski definition) is 1. The number of nitrogens with one attached hydrogen (secondary N) is 1. The molecule has 112 valence electrons. The monoisotopic (exact) mass is 320 g/mol. The van der Waals surface area contributed by atoms with Gasteiger partial charge in [0, 0.05) is 21.5 Å². The summed E-state index contributed by atoms with van der Waals surface area (Å²) in [4.78, 5) is 6.33. The van der Waals surface area contributed by atoms with Crippen molar-refractivity contribution in [2.45, 2.75) is 39.7 Å². The molecule has 0 fully saturated rings. The summed E-state index contributed by atoms with van der Waals surface area (Å²) in [6.45, 7) is 7.83. The van der Waals surface area contributed by atoms with Crippen molar-refractivity contribution in [1.82, 2.24) is 10.3 Å². The summed E-state index contributed by atoms with van der Waals surface area (Å²) in [5, 5.41) is 5.50. The third-order valence-corrected chi connectivity index (χ3v) is 5.50. The fourth-order valence-corrected chi connectivity index (χ4v) is 4.35. The van der Waals surface area contributed by atoms with E-state index in [1.807, 2.05) is 23.5 Å². The molecule has 1 aromatic carbocycles. The van der Waals surface area contributed by atoms with E-state index in [4.69, 9.17) is 16.6 Å².